The van der Waals surface area contributed by atoms with Gasteiger partial charge >= 0.3 is 0 Å². The predicted octanol–water partition coefficient (Wildman–Crippen LogP) is 2.17. The minimum atomic E-state index is -1.13. The van der Waals surface area contributed by atoms with E-state index in [9.17, 15) is 4.21 Å². The van der Waals surface area contributed by atoms with Crippen molar-refractivity contribution in [3.05, 3.63) is 23.9 Å². The zero-order chi connectivity index (χ0) is 13.6. The van der Waals surface area contributed by atoms with Crippen molar-refractivity contribution in [3.8, 4) is 5.75 Å². The molecule has 1 aromatic carbocycles. The first-order valence-electron chi connectivity index (χ1n) is 5.77. The van der Waals surface area contributed by atoms with Crippen LogP contribution in [0.15, 0.2) is 23.1 Å². The Morgan fingerprint density at radius 2 is 2.16 bits per heavy atom. The summed E-state index contributed by atoms with van der Waals surface area (Å²) in [5, 5.41) is 8.73. The third kappa shape index (κ3) is 1.79. The first kappa shape index (κ1) is 12.1. The maximum Gasteiger partial charge on any atom is 0.182 e. The molecule has 0 saturated heterocycles. The van der Waals surface area contributed by atoms with Crippen LogP contribution in [0.4, 0.5) is 0 Å². The average molecular weight is 275 g/mol. The quantitative estimate of drug-likeness (QED) is 0.778. The normalized spacial score (nSPS) is 13.0. The Kier molecular flexibility index (Phi) is 2.74. The van der Waals surface area contributed by atoms with Crippen molar-refractivity contribution in [3.63, 3.8) is 0 Å². The smallest absolute Gasteiger partial charge is 0.182 e. The van der Waals surface area contributed by atoms with E-state index < -0.39 is 10.8 Å². The van der Waals surface area contributed by atoms with Gasteiger partial charge in [-0.3, -0.25) is 9.31 Å². The van der Waals surface area contributed by atoms with Crippen molar-refractivity contribution in [2.45, 2.75) is 11.8 Å². The minimum Gasteiger partial charge on any atom is -0.497 e. The topological polar surface area (TPSA) is 67.9 Å². The molecule has 0 amide bonds. The molecule has 0 bridgehead atoms. The number of H-pyrrole nitrogens is 1. The molecule has 1 N–H and O–H groups in total. The number of fused-ring (bicyclic) bond motifs is 2. The molecule has 3 rings (SSSR count). The molecule has 0 aliphatic rings. The molecule has 0 radical (unpaired) electrons. The van der Waals surface area contributed by atoms with Crippen LogP contribution in [0.2, 0.25) is 0 Å². The van der Waals surface area contributed by atoms with Crippen LogP contribution in [0.1, 0.15) is 5.69 Å². The van der Waals surface area contributed by atoms with E-state index in [-0.39, 0.29) is 0 Å². The fourth-order valence-corrected chi connectivity index (χ4v) is 3.24. The molecule has 0 spiro atoms. The number of rotatable bonds is 2. The standard InChI is InChI=1S/C13H13N3O2S/c1-7-11-12(19(3)17)9-6-8(18-2)4-5-10(9)14-13(11)16-15-7/h4-6H,1-3H3,(H,14,15,16). The van der Waals surface area contributed by atoms with Crippen LogP contribution in [0.25, 0.3) is 21.9 Å². The molecule has 19 heavy (non-hydrogen) atoms. The lowest BCUT2D eigenvalue weighted by Gasteiger charge is -2.07. The Labute approximate surface area is 112 Å². The Hall–Kier alpha value is -1.95. The van der Waals surface area contributed by atoms with Crippen molar-refractivity contribution in [2.24, 2.45) is 0 Å². The monoisotopic (exact) mass is 275 g/mol. The highest BCUT2D eigenvalue weighted by Crippen LogP contribution is 2.31. The van der Waals surface area contributed by atoms with Gasteiger partial charge in [-0.1, -0.05) is 0 Å². The van der Waals surface area contributed by atoms with Gasteiger partial charge in [-0.15, -0.1) is 0 Å². The van der Waals surface area contributed by atoms with Gasteiger partial charge in [-0.2, -0.15) is 5.10 Å². The SMILES string of the molecule is COc1ccc2nc3n[nH]c(C)c3c(S(C)=O)c2c1. The van der Waals surface area contributed by atoms with E-state index in [2.05, 4.69) is 15.2 Å². The van der Waals surface area contributed by atoms with Crippen molar-refractivity contribution in [1.29, 1.82) is 0 Å². The molecule has 2 aromatic heterocycles. The number of hydrogen-bond acceptors (Lipinski definition) is 4. The van der Waals surface area contributed by atoms with Gasteiger partial charge in [-0.05, 0) is 25.1 Å². The Morgan fingerprint density at radius 1 is 1.37 bits per heavy atom. The first-order valence-corrected chi connectivity index (χ1v) is 7.33. The summed E-state index contributed by atoms with van der Waals surface area (Å²) >= 11 is 0. The first-order chi connectivity index (χ1) is 9.11. The summed E-state index contributed by atoms with van der Waals surface area (Å²) in [7, 11) is 0.477. The molecule has 2 heterocycles. The van der Waals surface area contributed by atoms with Gasteiger partial charge in [0.05, 0.1) is 33.7 Å². The molecule has 0 saturated carbocycles. The van der Waals surface area contributed by atoms with Crippen LogP contribution >= 0.6 is 0 Å². The molecule has 5 nitrogen and oxygen atoms in total. The summed E-state index contributed by atoms with van der Waals surface area (Å²) in [5.41, 5.74) is 2.24. The Balaban J connectivity index is 2.54. The summed E-state index contributed by atoms with van der Waals surface area (Å²) in [5.74, 6) is 0.724. The number of hydrogen-bond donors (Lipinski definition) is 1. The molecule has 1 atom stereocenters. The number of aryl methyl sites for hydroxylation is 1. The minimum absolute atomic E-state index is 0.598. The molecule has 98 valence electrons. The average Bonchev–Trinajstić information content (AvgIpc) is 2.76. The molecular formula is C13H13N3O2S. The summed E-state index contributed by atoms with van der Waals surface area (Å²) in [6.45, 7) is 1.90. The lowest BCUT2D eigenvalue weighted by molar-refractivity contribution is 0.415. The maximum atomic E-state index is 12.1. The van der Waals surface area contributed by atoms with Gasteiger partial charge in [-0.25, -0.2) is 4.98 Å². The maximum absolute atomic E-state index is 12.1. The molecule has 3 aromatic rings. The van der Waals surface area contributed by atoms with Crippen LogP contribution in [-0.4, -0.2) is 32.8 Å². The number of nitrogens with zero attached hydrogens (tertiary/aromatic N) is 2. The third-order valence-electron chi connectivity index (χ3n) is 3.12. The van der Waals surface area contributed by atoms with E-state index in [0.717, 1.165) is 32.6 Å². The fourth-order valence-electron chi connectivity index (χ4n) is 2.24. The van der Waals surface area contributed by atoms with E-state index in [1.54, 1.807) is 13.4 Å². The lowest BCUT2D eigenvalue weighted by Crippen LogP contribution is -1.95. The van der Waals surface area contributed by atoms with Gasteiger partial charge in [0.2, 0.25) is 0 Å². The summed E-state index contributed by atoms with van der Waals surface area (Å²) < 4.78 is 17.4. The van der Waals surface area contributed by atoms with Crippen LogP contribution in [0.5, 0.6) is 5.75 Å². The lowest BCUT2D eigenvalue weighted by atomic mass is 10.1. The molecular weight excluding hydrogens is 262 g/mol. The van der Waals surface area contributed by atoms with E-state index in [0.29, 0.717) is 5.65 Å². The number of methoxy groups -OCH3 is 1. The van der Waals surface area contributed by atoms with Crippen LogP contribution in [-0.2, 0) is 10.8 Å². The molecule has 0 aliphatic carbocycles. The highest BCUT2D eigenvalue weighted by atomic mass is 32.2. The van der Waals surface area contributed by atoms with Crippen LogP contribution < -0.4 is 4.74 Å². The van der Waals surface area contributed by atoms with E-state index in [1.165, 1.54) is 0 Å². The number of aromatic nitrogens is 3. The van der Waals surface area contributed by atoms with Crippen molar-refractivity contribution < 1.29 is 8.95 Å². The van der Waals surface area contributed by atoms with Crippen molar-refractivity contribution in [1.82, 2.24) is 15.2 Å². The van der Waals surface area contributed by atoms with Gasteiger partial charge in [0, 0.05) is 17.3 Å². The third-order valence-corrected chi connectivity index (χ3v) is 4.12. The van der Waals surface area contributed by atoms with Gasteiger partial charge in [0.15, 0.2) is 5.65 Å². The van der Waals surface area contributed by atoms with Crippen molar-refractivity contribution in [2.75, 3.05) is 13.4 Å². The number of pyridine rings is 1. The Bertz CT molecular complexity index is 810. The Morgan fingerprint density at radius 3 is 2.84 bits per heavy atom. The van der Waals surface area contributed by atoms with Gasteiger partial charge in [0.1, 0.15) is 5.75 Å². The highest BCUT2D eigenvalue weighted by Gasteiger charge is 2.16. The summed E-state index contributed by atoms with van der Waals surface area (Å²) in [6.07, 6.45) is 1.67. The number of nitrogens with one attached hydrogen (secondary N) is 1. The second-order valence-corrected chi connectivity index (χ2v) is 5.64. The van der Waals surface area contributed by atoms with Crippen LogP contribution in [0.3, 0.4) is 0 Å². The molecule has 6 heteroatoms. The highest BCUT2D eigenvalue weighted by molar-refractivity contribution is 7.84. The van der Waals surface area contributed by atoms with E-state index >= 15 is 0 Å². The number of aromatic amines is 1. The van der Waals surface area contributed by atoms with Gasteiger partial charge < -0.3 is 4.74 Å². The zero-order valence-corrected chi connectivity index (χ0v) is 11.7. The summed E-state index contributed by atoms with van der Waals surface area (Å²) in [4.78, 5) is 5.24. The summed E-state index contributed by atoms with van der Waals surface area (Å²) in [6, 6.07) is 5.56. The zero-order valence-electron chi connectivity index (χ0n) is 10.9. The molecule has 1 unspecified atom stereocenters. The largest absolute Gasteiger partial charge is 0.497 e. The van der Waals surface area contributed by atoms with Crippen molar-refractivity contribution >= 4 is 32.7 Å². The number of ether oxygens (including phenoxy) is 1. The van der Waals surface area contributed by atoms with Crippen LogP contribution in [0, 0.1) is 6.92 Å². The predicted molar refractivity (Wildman–Crippen MR) is 75.0 cm³/mol. The molecule has 0 fully saturated rings. The second-order valence-electron chi connectivity index (χ2n) is 4.33. The van der Waals surface area contributed by atoms with Gasteiger partial charge in [0.25, 0.3) is 0 Å². The fraction of sp³-hybridized carbons (Fsp3) is 0.231. The second kappa shape index (κ2) is 4.31. The number of benzene rings is 1. The van der Waals surface area contributed by atoms with E-state index in [4.69, 9.17) is 4.74 Å². The molecule has 0 aliphatic heterocycles. The van der Waals surface area contributed by atoms with E-state index in [1.807, 2.05) is 25.1 Å².